The number of halogens is 3. The van der Waals surface area contributed by atoms with Crippen molar-refractivity contribution in [2.75, 3.05) is 6.61 Å². The van der Waals surface area contributed by atoms with Crippen molar-refractivity contribution < 1.29 is 22.7 Å². The third-order valence-electron chi connectivity index (χ3n) is 3.92. The Labute approximate surface area is 151 Å². The Morgan fingerprint density at radius 3 is 2.56 bits per heavy atom. The number of hydrogen-bond donors (Lipinski definition) is 1. The van der Waals surface area contributed by atoms with E-state index in [0.29, 0.717) is 11.3 Å². The van der Waals surface area contributed by atoms with Crippen molar-refractivity contribution in [2.45, 2.75) is 38.0 Å². The molecule has 1 N–H and O–H groups in total. The Morgan fingerprint density at radius 2 is 1.96 bits per heavy atom. The summed E-state index contributed by atoms with van der Waals surface area (Å²) in [5.74, 6) is -0.307. The molecule has 0 radical (unpaired) electrons. The van der Waals surface area contributed by atoms with E-state index >= 15 is 0 Å². The number of rotatable bonds is 6. The SMILES string of the molecule is O=C(Cn1nc(-c2cnc(OCC(F)(F)F)nc2)ccc1=O)NC1CCC1. The summed E-state index contributed by atoms with van der Waals surface area (Å²) in [5.41, 5.74) is 0.212. The average Bonchev–Trinajstić information content (AvgIpc) is 2.58. The third-order valence-corrected chi connectivity index (χ3v) is 3.92. The summed E-state index contributed by atoms with van der Waals surface area (Å²) in [5, 5.41) is 6.90. The molecule has 0 aliphatic heterocycles. The maximum Gasteiger partial charge on any atom is 0.422 e. The maximum atomic E-state index is 12.1. The molecule has 27 heavy (non-hydrogen) atoms. The van der Waals surface area contributed by atoms with Gasteiger partial charge in [-0.1, -0.05) is 0 Å². The molecule has 2 aromatic heterocycles. The molecule has 1 fully saturated rings. The van der Waals surface area contributed by atoms with Gasteiger partial charge in [0.1, 0.15) is 6.54 Å². The average molecular weight is 383 g/mol. The van der Waals surface area contributed by atoms with Crippen molar-refractivity contribution >= 4 is 5.91 Å². The summed E-state index contributed by atoms with van der Waals surface area (Å²) >= 11 is 0. The number of carbonyl (C=O) groups is 1. The van der Waals surface area contributed by atoms with E-state index < -0.39 is 24.4 Å². The summed E-state index contributed by atoms with van der Waals surface area (Å²) in [4.78, 5) is 31.3. The standard InChI is InChI=1S/C16H16F3N5O3/c17-16(18,19)9-27-15-20-6-10(7-21-15)12-4-5-14(26)24(23-12)8-13(25)22-11-2-1-3-11/h4-7,11H,1-3,8-9H2,(H,22,25). The first-order valence-corrected chi connectivity index (χ1v) is 8.20. The number of hydrogen-bond acceptors (Lipinski definition) is 6. The van der Waals surface area contributed by atoms with Crippen LogP contribution in [0.2, 0.25) is 0 Å². The monoisotopic (exact) mass is 383 g/mol. The van der Waals surface area contributed by atoms with Gasteiger partial charge in [-0.3, -0.25) is 9.59 Å². The molecule has 144 valence electrons. The van der Waals surface area contributed by atoms with E-state index in [-0.39, 0.29) is 18.5 Å². The fourth-order valence-corrected chi connectivity index (χ4v) is 2.35. The molecule has 0 spiro atoms. The van der Waals surface area contributed by atoms with Crippen molar-refractivity contribution in [2.24, 2.45) is 0 Å². The minimum atomic E-state index is -4.49. The van der Waals surface area contributed by atoms with Crippen molar-refractivity contribution in [3.05, 3.63) is 34.9 Å². The number of alkyl halides is 3. The number of aromatic nitrogens is 4. The van der Waals surface area contributed by atoms with Gasteiger partial charge in [0, 0.05) is 30.1 Å². The van der Waals surface area contributed by atoms with Crippen molar-refractivity contribution in [1.29, 1.82) is 0 Å². The Morgan fingerprint density at radius 1 is 1.26 bits per heavy atom. The van der Waals surface area contributed by atoms with Gasteiger partial charge in [0.25, 0.3) is 5.56 Å². The lowest BCUT2D eigenvalue weighted by Gasteiger charge is -2.26. The van der Waals surface area contributed by atoms with E-state index in [2.05, 4.69) is 25.1 Å². The highest BCUT2D eigenvalue weighted by atomic mass is 19.4. The van der Waals surface area contributed by atoms with E-state index in [0.717, 1.165) is 23.9 Å². The molecular weight excluding hydrogens is 367 g/mol. The maximum absolute atomic E-state index is 12.1. The van der Waals surface area contributed by atoms with E-state index in [1.807, 2.05) is 0 Å². The second kappa shape index (κ2) is 7.72. The van der Waals surface area contributed by atoms with E-state index in [1.54, 1.807) is 0 Å². The minimum absolute atomic E-state index is 0.147. The Bertz CT molecular complexity index is 863. The number of nitrogens with one attached hydrogen (secondary N) is 1. The molecule has 1 aliphatic carbocycles. The zero-order chi connectivity index (χ0) is 19.4. The van der Waals surface area contributed by atoms with Crippen LogP contribution in [0.3, 0.4) is 0 Å². The Kier molecular flexibility index (Phi) is 5.38. The number of ether oxygens (including phenoxy) is 1. The first kappa shape index (κ1) is 18.8. The number of carbonyl (C=O) groups excluding carboxylic acids is 1. The Hall–Kier alpha value is -2.98. The summed E-state index contributed by atoms with van der Waals surface area (Å²) in [7, 11) is 0. The second-order valence-corrected chi connectivity index (χ2v) is 6.07. The Balaban J connectivity index is 1.69. The number of nitrogens with zero attached hydrogens (tertiary/aromatic N) is 4. The van der Waals surface area contributed by atoms with Crippen molar-refractivity contribution in [1.82, 2.24) is 25.1 Å². The molecule has 2 aromatic rings. The molecule has 0 atom stereocenters. The van der Waals surface area contributed by atoms with Gasteiger partial charge in [-0.05, 0) is 25.3 Å². The quantitative estimate of drug-likeness (QED) is 0.808. The van der Waals surface area contributed by atoms with E-state index in [9.17, 15) is 22.8 Å². The molecule has 1 amide bonds. The highest BCUT2D eigenvalue weighted by Crippen LogP contribution is 2.19. The van der Waals surface area contributed by atoms with Gasteiger partial charge in [0.05, 0.1) is 5.69 Å². The fourth-order valence-electron chi connectivity index (χ4n) is 2.35. The van der Waals surface area contributed by atoms with Gasteiger partial charge < -0.3 is 10.1 Å². The molecule has 1 aliphatic rings. The zero-order valence-corrected chi connectivity index (χ0v) is 14.1. The highest BCUT2D eigenvalue weighted by Gasteiger charge is 2.29. The normalized spacial score (nSPS) is 14.5. The van der Waals surface area contributed by atoms with Gasteiger partial charge in [0.15, 0.2) is 6.61 Å². The third kappa shape index (κ3) is 5.25. The highest BCUT2D eigenvalue weighted by molar-refractivity contribution is 5.76. The number of amides is 1. The van der Waals surface area contributed by atoms with Crippen LogP contribution in [0.5, 0.6) is 6.01 Å². The fraction of sp³-hybridized carbons (Fsp3) is 0.438. The molecule has 0 aromatic carbocycles. The molecule has 8 nitrogen and oxygen atoms in total. The first-order valence-electron chi connectivity index (χ1n) is 8.20. The van der Waals surface area contributed by atoms with Crippen LogP contribution in [0.15, 0.2) is 29.3 Å². The largest absolute Gasteiger partial charge is 0.454 e. The molecular formula is C16H16F3N5O3. The molecule has 2 heterocycles. The zero-order valence-electron chi connectivity index (χ0n) is 14.1. The van der Waals surface area contributed by atoms with Crippen LogP contribution in [0.1, 0.15) is 19.3 Å². The topological polar surface area (TPSA) is 99.0 Å². The molecule has 3 rings (SSSR count). The van der Waals surface area contributed by atoms with Gasteiger partial charge >= 0.3 is 12.2 Å². The van der Waals surface area contributed by atoms with Crippen LogP contribution >= 0.6 is 0 Å². The van der Waals surface area contributed by atoms with Crippen molar-refractivity contribution in [3.8, 4) is 17.3 Å². The summed E-state index contributed by atoms with van der Waals surface area (Å²) in [6.07, 6.45) is 0.886. The van der Waals surface area contributed by atoms with Gasteiger partial charge in [-0.2, -0.15) is 18.3 Å². The van der Waals surface area contributed by atoms with E-state index in [1.165, 1.54) is 24.5 Å². The predicted molar refractivity (Wildman–Crippen MR) is 86.9 cm³/mol. The van der Waals surface area contributed by atoms with Gasteiger partial charge in [-0.15, -0.1) is 0 Å². The lowest BCUT2D eigenvalue weighted by molar-refractivity contribution is -0.154. The summed E-state index contributed by atoms with van der Waals surface area (Å²) < 4.78 is 41.8. The summed E-state index contributed by atoms with van der Waals surface area (Å²) in [6.45, 7) is -1.72. The van der Waals surface area contributed by atoms with Gasteiger partial charge in [-0.25, -0.2) is 14.6 Å². The lowest BCUT2D eigenvalue weighted by Crippen LogP contribution is -2.42. The first-order chi connectivity index (χ1) is 12.8. The molecule has 0 saturated heterocycles. The van der Waals surface area contributed by atoms with Crippen LogP contribution in [0, 0.1) is 0 Å². The van der Waals surface area contributed by atoms with Crippen LogP contribution in [0.25, 0.3) is 11.3 Å². The minimum Gasteiger partial charge on any atom is -0.454 e. The van der Waals surface area contributed by atoms with Gasteiger partial charge in [0.2, 0.25) is 5.91 Å². The second-order valence-electron chi connectivity index (χ2n) is 6.07. The van der Waals surface area contributed by atoms with Crippen LogP contribution in [0.4, 0.5) is 13.2 Å². The predicted octanol–water partition coefficient (Wildman–Crippen LogP) is 1.31. The summed E-state index contributed by atoms with van der Waals surface area (Å²) in [6, 6.07) is 2.38. The molecule has 1 saturated carbocycles. The van der Waals surface area contributed by atoms with Crippen LogP contribution < -0.4 is 15.6 Å². The molecule has 0 bridgehead atoms. The lowest BCUT2D eigenvalue weighted by atomic mass is 9.93. The molecule has 0 unspecified atom stereocenters. The van der Waals surface area contributed by atoms with Crippen molar-refractivity contribution in [3.63, 3.8) is 0 Å². The van der Waals surface area contributed by atoms with Crippen LogP contribution in [-0.4, -0.2) is 44.5 Å². The smallest absolute Gasteiger partial charge is 0.422 e. The van der Waals surface area contributed by atoms with E-state index in [4.69, 9.17) is 0 Å². The molecule has 11 heteroatoms. The van der Waals surface area contributed by atoms with Crippen LogP contribution in [-0.2, 0) is 11.3 Å².